The van der Waals surface area contributed by atoms with E-state index in [0.717, 1.165) is 32.4 Å². The molecule has 1 aromatic carbocycles. The molecular formula is C9H9BrINO. The summed E-state index contributed by atoms with van der Waals surface area (Å²) in [6.45, 7) is 0.728. The fourth-order valence-corrected chi connectivity index (χ4v) is 2.21. The summed E-state index contributed by atoms with van der Waals surface area (Å²) in [5, 5.41) is 0. The van der Waals surface area contributed by atoms with Crippen LogP contribution in [0.2, 0.25) is 0 Å². The van der Waals surface area contributed by atoms with Gasteiger partial charge in [0.15, 0.2) is 0 Å². The van der Waals surface area contributed by atoms with E-state index >= 15 is 0 Å². The molecule has 2 N–H and O–H groups in total. The number of fused-ring (bicyclic) bond motifs is 1. The molecule has 0 aliphatic carbocycles. The van der Waals surface area contributed by atoms with Gasteiger partial charge in [0.25, 0.3) is 0 Å². The van der Waals surface area contributed by atoms with Crippen molar-refractivity contribution in [2.75, 3.05) is 6.61 Å². The van der Waals surface area contributed by atoms with Crippen molar-refractivity contribution in [1.29, 1.82) is 0 Å². The minimum Gasteiger partial charge on any atom is -0.493 e. The summed E-state index contributed by atoms with van der Waals surface area (Å²) in [5.41, 5.74) is 7.07. The predicted molar refractivity (Wildman–Crippen MR) is 63.9 cm³/mol. The average molecular weight is 354 g/mol. The molecule has 0 unspecified atom stereocenters. The van der Waals surface area contributed by atoms with Crippen molar-refractivity contribution in [2.24, 2.45) is 5.73 Å². The van der Waals surface area contributed by atoms with Gasteiger partial charge in [-0.1, -0.05) is 0 Å². The van der Waals surface area contributed by atoms with Crippen molar-refractivity contribution >= 4 is 38.5 Å². The Morgan fingerprint density at radius 1 is 1.54 bits per heavy atom. The van der Waals surface area contributed by atoms with E-state index in [9.17, 15) is 0 Å². The third-order valence-corrected chi connectivity index (χ3v) is 4.43. The zero-order valence-corrected chi connectivity index (χ0v) is 10.6. The van der Waals surface area contributed by atoms with Crippen LogP contribution < -0.4 is 10.5 Å². The van der Waals surface area contributed by atoms with Gasteiger partial charge in [-0.2, -0.15) is 0 Å². The van der Waals surface area contributed by atoms with Gasteiger partial charge >= 0.3 is 0 Å². The summed E-state index contributed by atoms with van der Waals surface area (Å²) >= 11 is 5.75. The number of hydrogen-bond acceptors (Lipinski definition) is 2. The highest BCUT2D eigenvalue weighted by atomic mass is 127. The molecule has 0 saturated carbocycles. The second-order valence-electron chi connectivity index (χ2n) is 3.05. The molecule has 0 bridgehead atoms. The van der Waals surface area contributed by atoms with Gasteiger partial charge in [0.1, 0.15) is 5.75 Å². The summed E-state index contributed by atoms with van der Waals surface area (Å²) in [6.07, 6.45) is 0.903. The summed E-state index contributed by atoms with van der Waals surface area (Å²) in [4.78, 5) is 0. The van der Waals surface area contributed by atoms with Crippen molar-refractivity contribution in [3.05, 3.63) is 25.7 Å². The molecule has 0 fully saturated rings. The SMILES string of the molecule is N[C@@H]1CCOc2cc(I)c(Br)cc21. The van der Waals surface area contributed by atoms with E-state index in [1.807, 2.05) is 6.07 Å². The molecule has 1 aromatic rings. The first-order valence-electron chi connectivity index (χ1n) is 4.06. The van der Waals surface area contributed by atoms with Gasteiger partial charge in [0, 0.05) is 26.1 Å². The molecule has 0 aromatic heterocycles. The molecule has 1 aliphatic rings. The van der Waals surface area contributed by atoms with Gasteiger partial charge in [0.2, 0.25) is 0 Å². The monoisotopic (exact) mass is 353 g/mol. The Labute approximate surface area is 99.1 Å². The number of rotatable bonds is 0. The molecule has 0 saturated heterocycles. The fraction of sp³-hybridized carbons (Fsp3) is 0.333. The maximum atomic E-state index is 5.96. The van der Waals surface area contributed by atoms with Crippen LogP contribution in [0, 0.1) is 3.57 Å². The molecule has 0 radical (unpaired) electrons. The third kappa shape index (κ3) is 1.85. The van der Waals surface area contributed by atoms with Crippen molar-refractivity contribution in [1.82, 2.24) is 0 Å². The molecule has 2 nitrogen and oxygen atoms in total. The van der Waals surface area contributed by atoms with Gasteiger partial charge < -0.3 is 10.5 Å². The second kappa shape index (κ2) is 3.74. The quantitative estimate of drug-likeness (QED) is 0.728. The maximum absolute atomic E-state index is 5.96. The lowest BCUT2D eigenvalue weighted by molar-refractivity contribution is 0.268. The van der Waals surface area contributed by atoms with Gasteiger partial charge in [-0.05, 0) is 50.7 Å². The van der Waals surface area contributed by atoms with E-state index in [2.05, 4.69) is 44.6 Å². The Morgan fingerprint density at radius 2 is 2.31 bits per heavy atom. The highest BCUT2D eigenvalue weighted by Gasteiger charge is 2.19. The minimum atomic E-state index is 0.122. The number of nitrogens with two attached hydrogens (primary N) is 1. The number of ether oxygens (including phenoxy) is 1. The van der Waals surface area contributed by atoms with Crippen LogP contribution in [0.15, 0.2) is 16.6 Å². The zero-order chi connectivity index (χ0) is 9.42. The van der Waals surface area contributed by atoms with Crippen molar-refractivity contribution in [2.45, 2.75) is 12.5 Å². The molecular weight excluding hydrogens is 345 g/mol. The molecule has 0 amide bonds. The largest absolute Gasteiger partial charge is 0.493 e. The lowest BCUT2D eigenvalue weighted by Gasteiger charge is -2.23. The van der Waals surface area contributed by atoms with Crippen LogP contribution in [0.1, 0.15) is 18.0 Å². The van der Waals surface area contributed by atoms with E-state index in [4.69, 9.17) is 10.5 Å². The van der Waals surface area contributed by atoms with Crippen LogP contribution in [0.4, 0.5) is 0 Å². The topological polar surface area (TPSA) is 35.2 Å². The first-order chi connectivity index (χ1) is 6.18. The molecule has 4 heteroatoms. The maximum Gasteiger partial charge on any atom is 0.125 e. The van der Waals surface area contributed by atoms with Gasteiger partial charge in [-0.15, -0.1) is 0 Å². The molecule has 13 heavy (non-hydrogen) atoms. The molecule has 0 spiro atoms. The summed E-state index contributed by atoms with van der Waals surface area (Å²) < 4.78 is 7.77. The van der Waals surface area contributed by atoms with Crippen molar-refractivity contribution < 1.29 is 4.74 Å². The molecule has 1 aliphatic heterocycles. The number of hydrogen-bond donors (Lipinski definition) is 1. The minimum absolute atomic E-state index is 0.122. The number of halogens is 2. The Hall–Kier alpha value is 0.190. The standard InChI is InChI=1S/C9H9BrINO/c10-6-3-5-8(12)1-2-13-9(5)4-7(6)11/h3-4,8H,1-2,12H2/t8-/m1/s1. The Bertz CT molecular complexity index is 343. The van der Waals surface area contributed by atoms with Crippen molar-refractivity contribution in [3.8, 4) is 5.75 Å². The van der Waals surface area contributed by atoms with E-state index in [-0.39, 0.29) is 6.04 Å². The Balaban J connectivity index is 2.52. The van der Waals surface area contributed by atoms with Crippen LogP contribution in [0.5, 0.6) is 5.75 Å². The van der Waals surface area contributed by atoms with Gasteiger partial charge in [0.05, 0.1) is 6.61 Å². The molecule has 2 rings (SSSR count). The second-order valence-corrected chi connectivity index (χ2v) is 5.06. The first-order valence-corrected chi connectivity index (χ1v) is 5.93. The normalized spacial score (nSPS) is 20.7. The summed E-state index contributed by atoms with van der Waals surface area (Å²) in [6, 6.07) is 4.21. The summed E-state index contributed by atoms with van der Waals surface area (Å²) in [7, 11) is 0. The first kappa shape index (κ1) is 9.73. The lowest BCUT2D eigenvalue weighted by atomic mass is 10.0. The fourth-order valence-electron chi connectivity index (χ4n) is 1.41. The van der Waals surface area contributed by atoms with E-state index in [0.29, 0.717) is 0 Å². The van der Waals surface area contributed by atoms with Crippen LogP contribution in [0.25, 0.3) is 0 Å². The van der Waals surface area contributed by atoms with Gasteiger partial charge in [-0.25, -0.2) is 0 Å². The van der Waals surface area contributed by atoms with Crippen molar-refractivity contribution in [3.63, 3.8) is 0 Å². The molecule has 70 valence electrons. The average Bonchev–Trinajstić information content (AvgIpc) is 2.09. The van der Waals surface area contributed by atoms with Crippen LogP contribution in [-0.2, 0) is 0 Å². The van der Waals surface area contributed by atoms with E-state index in [1.165, 1.54) is 0 Å². The highest BCUT2D eigenvalue weighted by Crippen LogP contribution is 2.35. The smallest absolute Gasteiger partial charge is 0.125 e. The van der Waals surface area contributed by atoms with Gasteiger partial charge in [-0.3, -0.25) is 0 Å². The van der Waals surface area contributed by atoms with Crippen LogP contribution in [-0.4, -0.2) is 6.61 Å². The molecule has 1 atom stereocenters. The Kier molecular flexibility index (Phi) is 2.80. The third-order valence-electron chi connectivity index (χ3n) is 2.14. The molecule has 1 heterocycles. The highest BCUT2D eigenvalue weighted by molar-refractivity contribution is 14.1. The summed E-state index contributed by atoms with van der Waals surface area (Å²) in [5.74, 6) is 0.936. The van der Waals surface area contributed by atoms with E-state index in [1.54, 1.807) is 0 Å². The lowest BCUT2D eigenvalue weighted by Crippen LogP contribution is -2.20. The van der Waals surface area contributed by atoms with E-state index < -0.39 is 0 Å². The predicted octanol–water partition coefficient (Wildman–Crippen LogP) is 2.84. The van der Waals surface area contributed by atoms with Crippen LogP contribution in [0.3, 0.4) is 0 Å². The Morgan fingerprint density at radius 3 is 3.08 bits per heavy atom. The zero-order valence-electron chi connectivity index (χ0n) is 6.89. The number of benzene rings is 1. The van der Waals surface area contributed by atoms with Crippen LogP contribution >= 0.6 is 38.5 Å².